The zero-order chi connectivity index (χ0) is 16.1. The molecule has 118 valence electrons. The van der Waals surface area contributed by atoms with Crippen molar-refractivity contribution in [1.82, 2.24) is 25.2 Å². The highest BCUT2D eigenvalue weighted by atomic mass is 35.5. The Hall–Kier alpha value is -2.67. The molecule has 0 aliphatic heterocycles. The van der Waals surface area contributed by atoms with E-state index in [0.717, 1.165) is 12.0 Å². The number of benzene rings is 1. The molecule has 7 nitrogen and oxygen atoms in total. The van der Waals surface area contributed by atoms with Crippen molar-refractivity contribution in [2.45, 2.75) is 13.0 Å². The van der Waals surface area contributed by atoms with Crippen LogP contribution in [0.2, 0.25) is 5.02 Å². The summed E-state index contributed by atoms with van der Waals surface area (Å²) in [4.78, 5) is 15.9. The Bertz CT molecular complexity index is 768. The van der Waals surface area contributed by atoms with Crippen molar-refractivity contribution in [3.05, 3.63) is 53.7 Å². The van der Waals surface area contributed by atoms with Crippen molar-refractivity contribution in [1.29, 1.82) is 0 Å². The molecule has 0 fully saturated rings. The first kappa shape index (κ1) is 15.2. The first-order valence-corrected chi connectivity index (χ1v) is 7.43. The number of aryl methyl sites for hydroxylation is 1. The Balaban J connectivity index is 1.52. The van der Waals surface area contributed by atoms with Crippen LogP contribution in [0.15, 0.2) is 47.5 Å². The van der Waals surface area contributed by atoms with Crippen LogP contribution in [0.3, 0.4) is 0 Å². The van der Waals surface area contributed by atoms with Crippen LogP contribution in [0.25, 0.3) is 11.3 Å². The van der Waals surface area contributed by atoms with E-state index in [1.165, 1.54) is 6.33 Å². The fourth-order valence-corrected chi connectivity index (χ4v) is 2.14. The highest BCUT2D eigenvalue weighted by Crippen LogP contribution is 2.22. The topological polar surface area (TPSA) is 85.8 Å². The van der Waals surface area contributed by atoms with Gasteiger partial charge in [-0.05, 0) is 30.7 Å². The summed E-state index contributed by atoms with van der Waals surface area (Å²) < 4.78 is 6.91. The Labute approximate surface area is 137 Å². The van der Waals surface area contributed by atoms with Gasteiger partial charge in [0, 0.05) is 29.7 Å². The first-order valence-electron chi connectivity index (χ1n) is 7.05. The highest BCUT2D eigenvalue weighted by molar-refractivity contribution is 6.30. The van der Waals surface area contributed by atoms with Gasteiger partial charge in [-0.2, -0.15) is 5.10 Å². The molecule has 0 radical (unpaired) electrons. The van der Waals surface area contributed by atoms with E-state index >= 15 is 0 Å². The molecule has 0 saturated carbocycles. The summed E-state index contributed by atoms with van der Waals surface area (Å²) in [5.74, 6) is 0.252. The molecule has 2 heterocycles. The van der Waals surface area contributed by atoms with E-state index in [1.807, 2.05) is 12.1 Å². The van der Waals surface area contributed by atoms with E-state index in [0.29, 0.717) is 23.9 Å². The van der Waals surface area contributed by atoms with E-state index in [4.69, 9.17) is 16.1 Å². The number of nitrogens with one attached hydrogen (secondary N) is 1. The Morgan fingerprint density at radius 1 is 1.30 bits per heavy atom. The third kappa shape index (κ3) is 3.95. The van der Waals surface area contributed by atoms with Crippen LogP contribution < -0.4 is 5.32 Å². The normalized spacial score (nSPS) is 10.7. The van der Waals surface area contributed by atoms with Crippen LogP contribution in [-0.2, 0) is 6.54 Å². The number of rotatable bonds is 6. The summed E-state index contributed by atoms with van der Waals surface area (Å²) in [6.07, 6.45) is 3.86. The average Bonchev–Trinajstić information content (AvgIpc) is 3.24. The predicted molar refractivity (Wildman–Crippen MR) is 83.9 cm³/mol. The lowest BCUT2D eigenvalue weighted by atomic mass is 10.1. The molecule has 0 bridgehead atoms. The molecule has 0 saturated heterocycles. The average molecular weight is 332 g/mol. The summed E-state index contributed by atoms with van der Waals surface area (Å²) in [6, 6.07) is 8.73. The Morgan fingerprint density at radius 2 is 2.13 bits per heavy atom. The molecule has 0 aliphatic rings. The molecule has 0 atom stereocenters. The van der Waals surface area contributed by atoms with Gasteiger partial charge in [0.2, 0.25) is 0 Å². The second-order valence-corrected chi connectivity index (χ2v) is 5.29. The summed E-state index contributed by atoms with van der Waals surface area (Å²) in [6.45, 7) is 1.21. The number of carbonyl (C=O) groups is 1. The van der Waals surface area contributed by atoms with Crippen molar-refractivity contribution in [3.63, 3.8) is 0 Å². The van der Waals surface area contributed by atoms with E-state index < -0.39 is 0 Å². The van der Waals surface area contributed by atoms with Crippen LogP contribution in [-0.4, -0.2) is 32.4 Å². The number of halogens is 1. The monoisotopic (exact) mass is 331 g/mol. The van der Waals surface area contributed by atoms with Gasteiger partial charge in [0.1, 0.15) is 12.7 Å². The number of carbonyl (C=O) groups excluding carboxylic acids is 1. The van der Waals surface area contributed by atoms with E-state index in [-0.39, 0.29) is 11.6 Å². The van der Waals surface area contributed by atoms with Crippen LogP contribution in [0, 0.1) is 0 Å². The van der Waals surface area contributed by atoms with Crippen molar-refractivity contribution >= 4 is 17.5 Å². The fourth-order valence-electron chi connectivity index (χ4n) is 2.01. The third-order valence-electron chi connectivity index (χ3n) is 3.19. The molecular weight excluding hydrogens is 318 g/mol. The maximum Gasteiger partial charge on any atom is 0.273 e. The van der Waals surface area contributed by atoms with Gasteiger partial charge < -0.3 is 9.84 Å². The first-order chi connectivity index (χ1) is 11.2. The highest BCUT2D eigenvalue weighted by Gasteiger charge is 2.13. The molecule has 1 N–H and O–H groups in total. The van der Waals surface area contributed by atoms with Crippen LogP contribution in [0.4, 0.5) is 0 Å². The molecule has 1 amide bonds. The smallest absolute Gasteiger partial charge is 0.273 e. The molecule has 23 heavy (non-hydrogen) atoms. The van der Waals surface area contributed by atoms with Gasteiger partial charge in [0.05, 0.1) is 0 Å². The van der Waals surface area contributed by atoms with Crippen molar-refractivity contribution < 1.29 is 9.32 Å². The minimum absolute atomic E-state index is 0.246. The molecular formula is C15H14ClN5O2. The van der Waals surface area contributed by atoms with Crippen LogP contribution in [0.1, 0.15) is 16.9 Å². The van der Waals surface area contributed by atoms with Gasteiger partial charge in [-0.15, -0.1) is 0 Å². The van der Waals surface area contributed by atoms with Gasteiger partial charge in [-0.25, -0.2) is 4.98 Å². The second-order valence-electron chi connectivity index (χ2n) is 4.85. The van der Waals surface area contributed by atoms with Gasteiger partial charge >= 0.3 is 0 Å². The zero-order valence-corrected chi connectivity index (χ0v) is 12.9. The largest absolute Gasteiger partial charge is 0.355 e. The lowest BCUT2D eigenvalue weighted by molar-refractivity contribution is 0.0943. The maximum atomic E-state index is 12.0. The maximum absolute atomic E-state index is 12.0. The van der Waals surface area contributed by atoms with Gasteiger partial charge in [-0.3, -0.25) is 9.48 Å². The van der Waals surface area contributed by atoms with Crippen LogP contribution in [0.5, 0.6) is 0 Å². The molecule has 8 heteroatoms. The van der Waals surface area contributed by atoms with Gasteiger partial charge in [0.25, 0.3) is 5.91 Å². The zero-order valence-electron chi connectivity index (χ0n) is 12.1. The van der Waals surface area contributed by atoms with E-state index in [9.17, 15) is 4.79 Å². The minimum Gasteiger partial charge on any atom is -0.355 e. The van der Waals surface area contributed by atoms with Crippen molar-refractivity contribution in [3.8, 4) is 11.3 Å². The number of amides is 1. The molecule has 0 unspecified atom stereocenters. The molecule has 3 aromatic rings. The second kappa shape index (κ2) is 7.06. The van der Waals surface area contributed by atoms with Gasteiger partial charge in [-0.1, -0.05) is 16.8 Å². The molecule has 2 aromatic heterocycles. The summed E-state index contributed by atoms with van der Waals surface area (Å²) in [5.41, 5.74) is 1.06. The van der Waals surface area contributed by atoms with Crippen molar-refractivity contribution in [2.24, 2.45) is 0 Å². The quantitative estimate of drug-likeness (QED) is 0.701. The Kier molecular flexibility index (Phi) is 4.68. The number of hydrogen-bond acceptors (Lipinski definition) is 5. The molecule has 0 aliphatic carbocycles. The number of hydrogen-bond donors (Lipinski definition) is 1. The summed E-state index contributed by atoms with van der Waals surface area (Å²) >= 11 is 5.84. The third-order valence-corrected chi connectivity index (χ3v) is 3.44. The molecule has 1 aromatic carbocycles. The van der Waals surface area contributed by atoms with E-state index in [1.54, 1.807) is 29.2 Å². The lowest BCUT2D eigenvalue weighted by Gasteiger charge is -2.02. The molecule has 0 spiro atoms. The number of nitrogens with zero attached hydrogens (tertiary/aromatic N) is 4. The van der Waals surface area contributed by atoms with E-state index in [2.05, 4.69) is 20.6 Å². The Morgan fingerprint density at radius 3 is 2.87 bits per heavy atom. The summed E-state index contributed by atoms with van der Waals surface area (Å²) in [7, 11) is 0. The van der Waals surface area contributed by atoms with Crippen molar-refractivity contribution in [2.75, 3.05) is 6.54 Å². The predicted octanol–water partition coefficient (Wildman–Crippen LogP) is 2.41. The lowest BCUT2D eigenvalue weighted by Crippen LogP contribution is -2.25. The summed E-state index contributed by atoms with van der Waals surface area (Å²) in [5, 5.41) is 11.2. The van der Waals surface area contributed by atoms with Crippen LogP contribution >= 0.6 is 11.6 Å². The standard InChI is InChI=1S/C15H14ClN5O2/c16-12-4-2-11(3-5-12)14-8-13(20-23-14)15(22)18-6-1-7-21-10-17-9-19-21/h2-5,8-10H,1,6-7H2,(H,18,22). The SMILES string of the molecule is O=C(NCCCn1cncn1)c1cc(-c2ccc(Cl)cc2)on1. The van der Waals surface area contributed by atoms with Gasteiger partial charge in [0.15, 0.2) is 11.5 Å². The molecule has 3 rings (SSSR count). The minimum atomic E-state index is -0.271. The number of aromatic nitrogens is 4. The fraction of sp³-hybridized carbons (Fsp3) is 0.200.